The van der Waals surface area contributed by atoms with Gasteiger partial charge in [0.1, 0.15) is 5.82 Å². The zero-order chi connectivity index (χ0) is 12.3. The Bertz CT molecular complexity index is 546. The van der Waals surface area contributed by atoms with Gasteiger partial charge in [0.15, 0.2) is 0 Å². The van der Waals surface area contributed by atoms with Crippen molar-refractivity contribution in [1.82, 2.24) is 9.97 Å². The quantitative estimate of drug-likeness (QED) is 0.910. The molecule has 1 heterocycles. The molecule has 1 aromatic heterocycles. The average Bonchev–Trinajstić information content (AvgIpc) is 2.32. The molecule has 0 radical (unpaired) electrons. The first-order valence-electron chi connectivity index (χ1n) is 4.72. The zero-order valence-corrected chi connectivity index (χ0v) is 10.2. The Balaban J connectivity index is 2.29. The van der Waals surface area contributed by atoms with E-state index < -0.39 is 5.97 Å². The van der Waals surface area contributed by atoms with Gasteiger partial charge in [-0.05, 0) is 34.1 Å². The summed E-state index contributed by atoms with van der Waals surface area (Å²) in [7, 11) is 0. The van der Waals surface area contributed by atoms with Crippen LogP contribution in [-0.4, -0.2) is 21.0 Å². The lowest BCUT2D eigenvalue weighted by Crippen LogP contribution is -2.00. The molecule has 0 aliphatic carbocycles. The third kappa shape index (κ3) is 2.79. The Morgan fingerprint density at radius 3 is 2.82 bits per heavy atom. The molecule has 0 unspecified atom stereocenters. The predicted octanol–water partition coefficient (Wildman–Crippen LogP) is 2.68. The minimum atomic E-state index is -0.986. The molecule has 0 bridgehead atoms. The number of carbonyl (C=O) groups is 1. The molecule has 0 atom stereocenters. The molecule has 0 saturated heterocycles. The van der Waals surface area contributed by atoms with Crippen molar-refractivity contribution < 1.29 is 9.90 Å². The van der Waals surface area contributed by atoms with Crippen LogP contribution in [0.1, 0.15) is 10.4 Å². The summed E-state index contributed by atoms with van der Waals surface area (Å²) in [6.45, 7) is 0. The minimum absolute atomic E-state index is 0.193. The van der Waals surface area contributed by atoms with E-state index >= 15 is 0 Å². The monoisotopic (exact) mass is 293 g/mol. The van der Waals surface area contributed by atoms with Gasteiger partial charge in [0.05, 0.1) is 11.8 Å². The molecular formula is C11H8BrN3O2. The van der Waals surface area contributed by atoms with E-state index in [4.69, 9.17) is 5.11 Å². The van der Waals surface area contributed by atoms with Crippen LogP contribution in [0.15, 0.2) is 41.3 Å². The summed E-state index contributed by atoms with van der Waals surface area (Å²) in [5, 5.41) is 11.9. The van der Waals surface area contributed by atoms with Crippen LogP contribution in [-0.2, 0) is 0 Å². The molecule has 2 N–H and O–H groups in total. The van der Waals surface area contributed by atoms with E-state index in [0.717, 1.165) is 0 Å². The van der Waals surface area contributed by atoms with E-state index in [9.17, 15) is 4.79 Å². The van der Waals surface area contributed by atoms with Gasteiger partial charge in [0.25, 0.3) is 0 Å². The van der Waals surface area contributed by atoms with Crippen molar-refractivity contribution in [3.8, 4) is 0 Å². The Labute approximate surface area is 106 Å². The maximum Gasteiger partial charge on any atom is 0.336 e. The highest BCUT2D eigenvalue weighted by Gasteiger charge is 2.09. The van der Waals surface area contributed by atoms with Crippen molar-refractivity contribution in [2.45, 2.75) is 0 Å². The predicted molar refractivity (Wildman–Crippen MR) is 66.4 cm³/mol. The highest BCUT2D eigenvalue weighted by molar-refractivity contribution is 9.10. The number of aromatic nitrogens is 2. The van der Waals surface area contributed by atoms with E-state index in [1.54, 1.807) is 30.7 Å². The molecule has 2 rings (SSSR count). The number of carboxylic acids is 1. The second-order valence-corrected chi connectivity index (χ2v) is 4.07. The summed E-state index contributed by atoms with van der Waals surface area (Å²) in [6, 6.07) is 4.95. The van der Waals surface area contributed by atoms with Gasteiger partial charge in [0, 0.05) is 22.6 Å². The standard InChI is InChI=1S/C11H8BrN3O2/c12-9-2-1-7(5-8(9)11(16)17)15-10-6-13-3-4-14-10/h1-6H,(H,14,15)(H,16,17). The molecule has 0 amide bonds. The fourth-order valence-corrected chi connectivity index (χ4v) is 1.69. The zero-order valence-electron chi connectivity index (χ0n) is 8.59. The topological polar surface area (TPSA) is 75.1 Å². The highest BCUT2D eigenvalue weighted by atomic mass is 79.9. The number of rotatable bonds is 3. The van der Waals surface area contributed by atoms with E-state index in [2.05, 4.69) is 31.2 Å². The number of nitrogens with zero attached hydrogens (tertiary/aromatic N) is 2. The van der Waals surface area contributed by atoms with E-state index in [1.807, 2.05) is 0 Å². The molecule has 17 heavy (non-hydrogen) atoms. The van der Waals surface area contributed by atoms with Crippen molar-refractivity contribution in [3.05, 3.63) is 46.8 Å². The van der Waals surface area contributed by atoms with E-state index in [-0.39, 0.29) is 5.56 Å². The molecule has 5 nitrogen and oxygen atoms in total. The Morgan fingerprint density at radius 2 is 2.18 bits per heavy atom. The molecule has 86 valence electrons. The average molecular weight is 294 g/mol. The molecule has 0 spiro atoms. The normalized spacial score (nSPS) is 9.94. The lowest BCUT2D eigenvalue weighted by molar-refractivity contribution is 0.0696. The first-order chi connectivity index (χ1) is 8.16. The summed E-state index contributed by atoms with van der Waals surface area (Å²) in [5.74, 6) is -0.425. The highest BCUT2D eigenvalue weighted by Crippen LogP contribution is 2.22. The van der Waals surface area contributed by atoms with Crippen LogP contribution in [0.25, 0.3) is 0 Å². The second kappa shape index (κ2) is 4.92. The van der Waals surface area contributed by atoms with Gasteiger partial charge in [0.2, 0.25) is 0 Å². The molecule has 2 aromatic rings. The van der Waals surface area contributed by atoms with Crippen molar-refractivity contribution >= 4 is 33.4 Å². The van der Waals surface area contributed by atoms with E-state index in [1.165, 1.54) is 6.07 Å². The van der Waals surface area contributed by atoms with E-state index in [0.29, 0.717) is 16.0 Å². The van der Waals surface area contributed by atoms with Crippen LogP contribution in [0.4, 0.5) is 11.5 Å². The second-order valence-electron chi connectivity index (χ2n) is 3.22. The first kappa shape index (κ1) is 11.5. The van der Waals surface area contributed by atoms with Crippen LogP contribution in [0.3, 0.4) is 0 Å². The lowest BCUT2D eigenvalue weighted by Gasteiger charge is -2.06. The number of nitrogens with one attached hydrogen (secondary N) is 1. The number of hydrogen-bond donors (Lipinski definition) is 2. The molecular weight excluding hydrogens is 286 g/mol. The van der Waals surface area contributed by atoms with Crippen LogP contribution in [0.5, 0.6) is 0 Å². The largest absolute Gasteiger partial charge is 0.478 e. The Hall–Kier alpha value is -1.95. The molecule has 0 aliphatic heterocycles. The molecule has 1 aromatic carbocycles. The number of aromatic carboxylic acids is 1. The summed E-state index contributed by atoms with van der Waals surface area (Å²) in [6.07, 6.45) is 4.68. The molecule has 0 aliphatic rings. The molecule has 0 fully saturated rings. The number of halogens is 1. The lowest BCUT2D eigenvalue weighted by atomic mass is 10.2. The number of hydrogen-bond acceptors (Lipinski definition) is 4. The van der Waals surface area contributed by atoms with Crippen molar-refractivity contribution in [1.29, 1.82) is 0 Å². The summed E-state index contributed by atoms with van der Waals surface area (Å²) in [4.78, 5) is 18.9. The van der Waals surface area contributed by atoms with Gasteiger partial charge in [-0.1, -0.05) is 0 Å². The molecule has 6 heteroatoms. The summed E-state index contributed by atoms with van der Waals surface area (Å²) >= 11 is 3.18. The first-order valence-corrected chi connectivity index (χ1v) is 5.52. The third-order valence-corrected chi connectivity index (χ3v) is 2.72. The van der Waals surface area contributed by atoms with Gasteiger partial charge in [-0.2, -0.15) is 0 Å². The van der Waals surface area contributed by atoms with Gasteiger partial charge in [-0.15, -0.1) is 0 Å². The number of anilines is 2. The number of benzene rings is 1. The van der Waals surface area contributed by atoms with Crippen molar-refractivity contribution in [2.75, 3.05) is 5.32 Å². The summed E-state index contributed by atoms with van der Waals surface area (Å²) < 4.78 is 0.537. The maximum absolute atomic E-state index is 10.9. The minimum Gasteiger partial charge on any atom is -0.478 e. The van der Waals surface area contributed by atoms with Gasteiger partial charge in [-0.25, -0.2) is 9.78 Å². The maximum atomic E-state index is 10.9. The fourth-order valence-electron chi connectivity index (χ4n) is 1.28. The fraction of sp³-hybridized carbons (Fsp3) is 0. The smallest absolute Gasteiger partial charge is 0.336 e. The Kier molecular flexibility index (Phi) is 3.34. The van der Waals surface area contributed by atoms with Crippen LogP contribution >= 0.6 is 15.9 Å². The van der Waals surface area contributed by atoms with Gasteiger partial charge >= 0.3 is 5.97 Å². The van der Waals surface area contributed by atoms with Crippen molar-refractivity contribution in [3.63, 3.8) is 0 Å². The molecule has 0 saturated carbocycles. The third-order valence-electron chi connectivity index (χ3n) is 2.03. The SMILES string of the molecule is O=C(O)c1cc(Nc2cnccn2)ccc1Br. The van der Waals surface area contributed by atoms with Crippen LogP contribution in [0, 0.1) is 0 Å². The number of carboxylic acid groups (broad SMARTS) is 1. The Morgan fingerprint density at radius 1 is 1.35 bits per heavy atom. The van der Waals surface area contributed by atoms with Gasteiger partial charge in [-0.3, -0.25) is 4.98 Å². The van der Waals surface area contributed by atoms with Crippen molar-refractivity contribution in [2.24, 2.45) is 0 Å². The van der Waals surface area contributed by atoms with Gasteiger partial charge < -0.3 is 10.4 Å². The van der Waals surface area contributed by atoms with Crippen LogP contribution < -0.4 is 5.32 Å². The van der Waals surface area contributed by atoms with Crippen LogP contribution in [0.2, 0.25) is 0 Å². The summed E-state index contributed by atoms with van der Waals surface area (Å²) in [5.41, 5.74) is 0.838.